The van der Waals surface area contributed by atoms with E-state index in [2.05, 4.69) is 19.2 Å². The molecule has 1 amide bonds. The summed E-state index contributed by atoms with van der Waals surface area (Å²) in [4.78, 5) is 14.9. The Kier molecular flexibility index (Phi) is 5.22. The fourth-order valence-corrected chi connectivity index (χ4v) is 3.35. The van der Waals surface area contributed by atoms with E-state index in [-0.39, 0.29) is 11.5 Å². The molecule has 2 rings (SSSR count). The summed E-state index contributed by atoms with van der Waals surface area (Å²) in [5.74, 6) is 0.356. The largest absolute Gasteiger partial charge is 0.376 e. The summed E-state index contributed by atoms with van der Waals surface area (Å²) >= 11 is 0. The predicted octanol–water partition coefficient (Wildman–Crippen LogP) is 1.79. The molecule has 1 atom stereocenters. The average Bonchev–Trinajstić information content (AvgIpc) is 2.97. The maximum Gasteiger partial charge on any atom is 0.228 e. The van der Waals surface area contributed by atoms with Crippen LogP contribution in [0.2, 0.25) is 0 Å². The number of nitrogens with zero attached hydrogens (tertiary/aromatic N) is 1. The molecule has 0 spiro atoms. The molecule has 0 aliphatic carbocycles. The van der Waals surface area contributed by atoms with E-state index < -0.39 is 0 Å². The van der Waals surface area contributed by atoms with E-state index in [0.717, 1.165) is 64.9 Å². The Balaban J connectivity index is 2.00. The Bertz CT molecular complexity index is 295. The van der Waals surface area contributed by atoms with Crippen LogP contribution in [-0.4, -0.2) is 49.7 Å². The lowest BCUT2D eigenvalue weighted by Crippen LogP contribution is -2.50. The Labute approximate surface area is 116 Å². The van der Waals surface area contributed by atoms with E-state index in [1.54, 1.807) is 0 Å². The molecule has 4 heteroatoms. The first-order valence-electron chi connectivity index (χ1n) is 7.83. The van der Waals surface area contributed by atoms with Gasteiger partial charge in [-0.25, -0.2) is 0 Å². The van der Waals surface area contributed by atoms with E-state index in [4.69, 9.17) is 4.74 Å². The van der Waals surface area contributed by atoms with Gasteiger partial charge in [0.15, 0.2) is 0 Å². The molecule has 0 saturated carbocycles. The number of rotatable bonds is 5. The summed E-state index contributed by atoms with van der Waals surface area (Å²) in [7, 11) is 0. The summed E-state index contributed by atoms with van der Waals surface area (Å²) < 4.78 is 5.68. The topological polar surface area (TPSA) is 41.6 Å². The zero-order chi connectivity index (χ0) is 13.7. The highest BCUT2D eigenvalue weighted by Gasteiger charge is 2.40. The van der Waals surface area contributed by atoms with Crippen molar-refractivity contribution >= 4 is 5.91 Å². The van der Waals surface area contributed by atoms with Crippen molar-refractivity contribution in [1.29, 1.82) is 0 Å². The Morgan fingerprint density at radius 1 is 1.37 bits per heavy atom. The zero-order valence-electron chi connectivity index (χ0n) is 12.4. The van der Waals surface area contributed by atoms with Gasteiger partial charge in [0.25, 0.3) is 0 Å². The van der Waals surface area contributed by atoms with Crippen LogP contribution >= 0.6 is 0 Å². The molecule has 0 radical (unpaired) electrons. The van der Waals surface area contributed by atoms with Crippen molar-refractivity contribution in [3.8, 4) is 0 Å². The molecule has 0 aromatic carbocycles. The van der Waals surface area contributed by atoms with Gasteiger partial charge in [-0.1, -0.05) is 6.92 Å². The lowest BCUT2D eigenvalue weighted by molar-refractivity contribution is -0.145. The first-order valence-corrected chi connectivity index (χ1v) is 7.83. The van der Waals surface area contributed by atoms with Gasteiger partial charge in [-0.05, 0) is 52.1 Å². The number of piperidine rings is 1. The highest BCUT2D eigenvalue weighted by molar-refractivity contribution is 5.83. The zero-order valence-corrected chi connectivity index (χ0v) is 12.4. The number of hydrogen-bond acceptors (Lipinski definition) is 3. The molecule has 0 aromatic rings. The maximum absolute atomic E-state index is 12.9. The number of amides is 1. The third kappa shape index (κ3) is 3.29. The lowest BCUT2D eigenvalue weighted by Gasteiger charge is -2.40. The van der Waals surface area contributed by atoms with Crippen LogP contribution in [0.25, 0.3) is 0 Å². The molecule has 0 bridgehead atoms. The first-order chi connectivity index (χ1) is 9.22. The minimum Gasteiger partial charge on any atom is -0.376 e. The van der Waals surface area contributed by atoms with Crippen molar-refractivity contribution in [2.45, 2.75) is 52.1 Å². The molecule has 1 unspecified atom stereocenters. The Hall–Kier alpha value is -0.610. The molecular formula is C15H28N2O2. The molecule has 2 aliphatic rings. The summed E-state index contributed by atoms with van der Waals surface area (Å²) in [6, 6.07) is 0. The van der Waals surface area contributed by atoms with Crippen LogP contribution in [0.15, 0.2) is 0 Å². The molecule has 4 nitrogen and oxygen atoms in total. The van der Waals surface area contributed by atoms with Gasteiger partial charge in [-0.3, -0.25) is 4.79 Å². The van der Waals surface area contributed by atoms with Crippen LogP contribution in [0.4, 0.5) is 0 Å². The summed E-state index contributed by atoms with van der Waals surface area (Å²) in [5.41, 5.74) is -0.125. The van der Waals surface area contributed by atoms with Crippen LogP contribution < -0.4 is 5.32 Å². The highest BCUT2D eigenvalue weighted by atomic mass is 16.5. The molecule has 2 aliphatic heterocycles. The Morgan fingerprint density at radius 2 is 2.11 bits per heavy atom. The minimum atomic E-state index is -0.125. The van der Waals surface area contributed by atoms with Crippen LogP contribution in [0.5, 0.6) is 0 Å². The SMILES string of the molecule is CCN(CC1CCCO1)C(=O)C1(CC)CCNCC1. The van der Waals surface area contributed by atoms with Crippen molar-refractivity contribution in [1.82, 2.24) is 10.2 Å². The van der Waals surface area contributed by atoms with Crippen molar-refractivity contribution in [2.75, 3.05) is 32.8 Å². The quantitative estimate of drug-likeness (QED) is 0.826. The van der Waals surface area contributed by atoms with E-state index in [0.29, 0.717) is 5.91 Å². The molecular weight excluding hydrogens is 240 g/mol. The number of hydrogen-bond donors (Lipinski definition) is 1. The third-order valence-corrected chi connectivity index (χ3v) is 4.81. The molecule has 110 valence electrons. The second-order valence-electron chi connectivity index (χ2n) is 5.86. The minimum absolute atomic E-state index is 0.125. The number of nitrogens with one attached hydrogen (secondary N) is 1. The highest BCUT2D eigenvalue weighted by Crippen LogP contribution is 2.35. The summed E-state index contributed by atoms with van der Waals surface area (Å²) in [6.45, 7) is 8.62. The Morgan fingerprint density at radius 3 is 2.63 bits per heavy atom. The van der Waals surface area contributed by atoms with Gasteiger partial charge in [0, 0.05) is 19.7 Å². The molecule has 19 heavy (non-hydrogen) atoms. The van der Waals surface area contributed by atoms with Gasteiger partial charge in [0.2, 0.25) is 5.91 Å². The standard InChI is InChI=1S/C15H28N2O2/c1-3-15(7-9-16-10-8-15)14(18)17(4-2)12-13-6-5-11-19-13/h13,16H,3-12H2,1-2H3. The maximum atomic E-state index is 12.9. The van der Waals surface area contributed by atoms with Crippen LogP contribution in [0.1, 0.15) is 46.0 Å². The average molecular weight is 268 g/mol. The molecule has 2 saturated heterocycles. The fourth-order valence-electron chi connectivity index (χ4n) is 3.35. The number of carbonyl (C=O) groups excluding carboxylic acids is 1. The molecule has 2 heterocycles. The van der Waals surface area contributed by atoms with Crippen LogP contribution in [0.3, 0.4) is 0 Å². The van der Waals surface area contributed by atoms with E-state index >= 15 is 0 Å². The third-order valence-electron chi connectivity index (χ3n) is 4.81. The van der Waals surface area contributed by atoms with E-state index in [9.17, 15) is 4.79 Å². The van der Waals surface area contributed by atoms with Crippen LogP contribution in [0, 0.1) is 5.41 Å². The monoisotopic (exact) mass is 268 g/mol. The number of likely N-dealkylation sites (N-methyl/N-ethyl adjacent to an activating group) is 1. The lowest BCUT2D eigenvalue weighted by atomic mass is 9.75. The van der Waals surface area contributed by atoms with E-state index in [1.165, 1.54) is 0 Å². The molecule has 2 fully saturated rings. The van der Waals surface area contributed by atoms with Crippen molar-refractivity contribution in [2.24, 2.45) is 5.41 Å². The van der Waals surface area contributed by atoms with Gasteiger partial charge in [-0.2, -0.15) is 0 Å². The second-order valence-corrected chi connectivity index (χ2v) is 5.86. The number of ether oxygens (including phenoxy) is 1. The normalized spacial score (nSPS) is 26.3. The number of carbonyl (C=O) groups is 1. The van der Waals surface area contributed by atoms with Crippen molar-refractivity contribution < 1.29 is 9.53 Å². The van der Waals surface area contributed by atoms with Gasteiger partial charge in [0.1, 0.15) is 0 Å². The second kappa shape index (κ2) is 6.71. The van der Waals surface area contributed by atoms with Crippen molar-refractivity contribution in [3.63, 3.8) is 0 Å². The van der Waals surface area contributed by atoms with Crippen LogP contribution in [-0.2, 0) is 9.53 Å². The predicted molar refractivity (Wildman–Crippen MR) is 76.1 cm³/mol. The van der Waals surface area contributed by atoms with Gasteiger partial charge >= 0.3 is 0 Å². The molecule has 1 N–H and O–H groups in total. The smallest absolute Gasteiger partial charge is 0.228 e. The summed E-state index contributed by atoms with van der Waals surface area (Å²) in [5, 5.41) is 3.36. The van der Waals surface area contributed by atoms with Gasteiger partial charge in [-0.15, -0.1) is 0 Å². The molecule has 0 aromatic heterocycles. The summed E-state index contributed by atoms with van der Waals surface area (Å²) in [6.07, 6.45) is 5.41. The first kappa shape index (κ1) is 14.8. The fraction of sp³-hybridized carbons (Fsp3) is 0.933. The van der Waals surface area contributed by atoms with Gasteiger partial charge in [0.05, 0.1) is 11.5 Å². The van der Waals surface area contributed by atoms with Gasteiger partial charge < -0.3 is 15.0 Å². The van der Waals surface area contributed by atoms with Crippen molar-refractivity contribution in [3.05, 3.63) is 0 Å². The van der Waals surface area contributed by atoms with E-state index in [1.807, 2.05) is 4.90 Å².